The minimum absolute atomic E-state index is 0. The monoisotopic (exact) mass is 455 g/mol. The van der Waals surface area contributed by atoms with Gasteiger partial charge in [0.25, 0.3) is 0 Å². The summed E-state index contributed by atoms with van der Waals surface area (Å²) in [6.07, 6.45) is 5.89. The standard InChI is InChI=1S/C18H25N5O.HI/c1-19-18(22(2)12-15-11-21-23(3)13-15)20-8-6-14-4-5-17-16(10-14)7-9-24-17;/h4-5,10-11,13H,6-9,12H2,1-3H3,(H,19,20);1H. The smallest absolute Gasteiger partial charge is 0.193 e. The van der Waals surface area contributed by atoms with Crippen LogP contribution in [0.5, 0.6) is 5.75 Å². The molecule has 0 bridgehead atoms. The van der Waals surface area contributed by atoms with Crippen LogP contribution in [0, 0.1) is 0 Å². The zero-order valence-corrected chi connectivity index (χ0v) is 17.4. The van der Waals surface area contributed by atoms with Crippen LogP contribution >= 0.6 is 24.0 Å². The molecule has 2 aromatic rings. The van der Waals surface area contributed by atoms with E-state index in [1.807, 2.05) is 38.2 Å². The first-order valence-corrected chi connectivity index (χ1v) is 8.29. The number of nitrogens with zero attached hydrogens (tertiary/aromatic N) is 4. The van der Waals surface area contributed by atoms with Crippen molar-refractivity contribution in [1.29, 1.82) is 0 Å². The number of aromatic nitrogens is 2. The van der Waals surface area contributed by atoms with E-state index in [0.717, 1.165) is 44.2 Å². The van der Waals surface area contributed by atoms with Crippen molar-refractivity contribution in [2.24, 2.45) is 12.0 Å². The van der Waals surface area contributed by atoms with Gasteiger partial charge >= 0.3 is 0 Å². The van der Waals surface area contributed by atoms with Gasteiger partial charge in [-0.15, -0.1) is 24.0 Å². The Morgan fingerprint density at radius 2 is 2.24 bits per heavy atom. The highest BCUT2D eigenvalue weighted by Crippen LogP contribution is 2.25. The molecule has 0 spiro atoms. The molecule has 0 aliphatic carbocycles. The molecule has 1 aliphatic heterocycles. The maximum Gasteiger partial charge on any atom is 0.193 e. The average molecular weight is 455 g/mol. The van der Waals surface area contributed by atoms with Gasteiger partial charge in [-0.1, -0.05) is 12.1 Å². The van der Waals surface area contributed by atoms with Gasteiger partial charge in [-0.2, -0.15) is 5.10 Å². The zero-order chi connectivity index (χ0) is 16.9. The summed E-state index contributed by atoms with van der Waals surface area (Å²) in [6, 6.07) is 6.49. The summed E-state index contributed by atoms with van der Waals surface area (Å²) in [5.74, 6) is 1.93. The lowest BCUT2D eigenvalue weighted by molar-refractivity contribution is 0.357. The van der Waals surface area contributed by atoms with Crippen LogP contribution in [-0.4, -0.2) is 47.9 Å². The Balaban J connectivity index is 0.00000225. The van der Waals surface area contributed by atoms with Crippen molar-refractivity contribution in [2.45, 2.75) is 19.4 Å². The summed E-state index contributed by atoms with van der Waals surface area (Å²) in [7, 11) is 5.78. The summed E-state index contributed by atoms with van der Waals surface area (Å²) >= 11 is 0. The molecule has 25 heavy (non-hydrogen) atoms. The van der Waals surface area contributed by atoms with Gasteiger partial charge in [0.05, 0.1) is 12.8 Å². The molecule has 0 saturated heterocycles. The lowest BCUT2D eigenvalue weighted by Gasteiger charge is -2.21. The Labute approximate surface area is 166 Å². The number of ether oxygens (including phenoxy) is 1. The van der Waals surface area contributed by atoms with Crippen LogP contribution < -0.4 is 10.1 Å². The number of benzene rings is 1. The van der Waals surface area contributed by atoms with Crippen molar-refractivity contribution < 1.29 is 4.74 Å². The van der Waals surface area contributed by atoms with Gasteiger partial charge in [0.15, 0.2) is 5.96 Å². The summed E-state index contributed by atoms with van der Waals surface area (Å²) in [4.78, 5) is 6.47. The molecule has 6 nitrogen and oxygen atoms in total. The van der Waals surface area contributed by atoms with E-state index >= 15 is 0 Å². The zero-order valence-electron chi connectivity index (χ0n) is 15.0. The minimum Gasteiger partial charge on any atom is -0.493 e. The number of aryl methyl sites for hydroxylation is 1. The molecule has 0 amide bonds. The summed E-state index contributed by atoms with van der Waals surface area (Å²) < 4.78 is 7.37. The lowest BCUT2D eigenvalue weighted by Crippen LogP contribution is -2.39. The summed E-state index contributed by atoms with van der Waals surface area (Å²) in [5, 5.41) is 7.63. The molecular weight excluding hydrogens is 429 g/mol. The summed E-state index contributed by atoms with van der Waals surface area (Å²) in [5.41, 5.74) is 3.82. The molecule has 0 unspecified atom stereocenters. The van der Waals surface area contributed by atoms with Crippen molar-refractivity contribution in [2.75, 3.05) is 27.2 Å². The van der Waals surface area contributed by atoms with E-state index in [0.29, 0.717) is 0 Å². The molecule has 1 aromatic carbocycles. The van der Waals surface area contributed by atoms with Crippen LogP contribution in [0.1, 0.15) is 16.7 Å². The van der Waals surface area contributed by atoms with E-state index in [9.17, 15) is 0 Å². The molecular formula is C18H26IN5O. The van der Waals surface area contributed by atoms with E-state index in [-0.39, 0.29) is 24.0 Å². The van der Waals surface area contributed by atoms with Gasteiger partial charge in [0.2, 0.25) is 0 Å². The molecule has 0 saturated carbocycles. The topological polar surface area (TPSA) is 54.7 Å². The molecule has 136 valence electrons. The third-order valence-corrected chi connectivity index (χ3v) is 4.20. The predicted molar refractivity (Wildman–Crippen MR) is 111 cm³/mol. The highest BCUT2D eigenvalue weighted by Gasteiger charge is 2.12. The highest BCUT2D eigenvalue weighted by atomic mass is 127. The largest absolute Gasteiger partial charge is 0.493 e. The van der Waals surface area contributed by atoms with Crippen molar-refractivity contribution in [3.05, 3.63) is 47.3 Å². The van der Waals surface area contributed by atoms with E-state index in [1.165, 1.54) is 16.7 Å². The number of fused-ring (bicyclic) bond motifs is 1. The van der Waals surface area contributed by atoms with Crippen LogP contribution in [-0.2, 0) is 26.4 Å². The number of nitrogens with one attached hydrogen (secondary N) is 1. The van der Waals surface area contributed by atoms with Crippen LogP contribution in [0.25, 0.3) is 0 Å². The van der Waals surface area contributed by atoms with E-state index in [2.05, 4.69) is 38.5 Å². The first-order valence-electron chi connectivity index (χ1n) is 8.29. The van der Waals surface area contributed by atoms with Crippen molar-refractivity contribution >= 4 is 29.9 Å². The molecule has 7 heteroatoms. The summed E-state index contributed by atoms with van der Waals surface area (Å²) in [6.45, 7) is 2.44. The predicted octanol–water partition coefficient (Wildman–Crippen LogP) is 2.22. The normalized spacial score (nSPS) is 13.0. The Morgan fingerprint density at radius 3 is 2.96 bits per heavy atom. The molecule has 1 aliphatic rings. The number of hydrogen-bond acceptors (Lipinski definition) is 3. The first kappa shape index (κ1) is 19.6. The van der Waals surface area contributed by atoms with Gasteiger partial charge in [0.1, 0.15) is 5.75 Å². The quantitative estimate of drug-likeness (QED) is 0.427. The number of hydrogen-bond donors (Lipinski definition) is 1. The average Bonchev–Trinajstić information content (AvgIpc) is 3.19. The van der Waals surface area contributed by atoms with Crippen LogP contribution in [0.15, 0.2) is 35.6 Å². The van der Waals surface area contributed by atoms with E-state index in [4.69, 9.17) is 4.74 Å². The van der Waals surface area contributed by atoms with Crippen LogP contribution in [0.2, 0.25) is 0 Å². The molecule has 1 N–H and O–H groups in total. The number of rotatable bonds is 5. The van der Waals surface area contributed by atoms with Gasteiger partial charge < -0.3 is 15.0 Å². The van der Waals surface area contributed by atoms with Crippen molar-refractivity contribution in [3.63, 3.8) is 0 Å². The van der Waals surface area contributed by atoms with Gasteiger partial charge in [-0.3, -0.25) is 9.67 Å². The third kappa shape index (κ3) is 5.10. The maximum atomic E-state index is 5.56. The van der Waals surface area contributed by atoms with Gasteiger partial charge in [0, 0.05) is 52.4 Å². The second kappa shape index (κ2) is 9.07. The molecule has 0 atom stereocenters. The Kier molecular flexibility index (Phi) is 7.10. The fourth-order valence-corrected chi connectivity index (χ4v) is 3.00. The second-order valence-electron chi connectivity index (χ2n) is 6.14. The SMILES string of the molecule is CN=C(NCCc1ccc2c(c1)CCO2)N(C)Cc1cnn(C)c1.I. The van der Waals surface area contributed by atoms with Crippen molar-refractivity contribution in [1.82, 2.24) is 20.0 Å². The number of aliphatic imine (C=N–C) groups is 1. The first-order chi connectivity index (χ1) is 11.7. The Morgan fingerprint density at radius 1 is 1.40 bits per heavy atom. The Hall–Kier alpha value is -1.77. The van der Waals surface area contributed by atoms with E-state index in [1.54, 1.807) is 0 Å². The van der Waals surface area contributed by atoms with Gasteiger partial charge in [-0.05, 0) is 23.6 Å². The lowest BCUT2D eigenvalue weighted by atomic mass is 10.1. The van der Waals surface area contributed by atoms with Crippen LogP contribution in [0.3, 0.4) is 0 Å². The molecule has 1 aromatic heterocycles. The van der Waals surface area contributed by atoms with Crippen LogP contribution in [0.4, 0.5) is 0 Å². The highest BCUT2D eigenvalue weighted by molar-refractivity contribution is 14.0. The number of halogens is 1. The van der Waals surface area contributed by atoms with E-state index < -0.39 is 0 Å². The Bertz CT molecular complexity index is 728. The minimum atomic E-state index is 0. The molecule has 3 rings (SSSR count). The second-order valence-corrected chi connectivity index (χ2v) is 6.14. The molecule has 0 fully saturated rings. The molecule has 0 radical (unpaired) electrons. The fourth-order valence-electron chi connectivity index (χ4n) is 3.00. The fraction of sp³-hybridized carbons (Fsp3) is 0.444. The molecule has 2 heterocycles. The third-order valence-electron chi connectivity index (χ3n) is 4.20. The maximum absolute atomic E-state index is 5.56. The number of guanidine groups is 1. The van der Waals surface area contributed by atoms with Crippen molar-refractivity contribution in [3.8, 4) is 5.75 Å². The van der Waals surface area contributed by atoms with Gasteiger partial charge in [-0.25, -0.2) is 0 Å².